The molecule has 0 radical (unpaired) electrons. The topological polar surface area (TPSA) is 96.8 Å². The molecule has 3 aromatic heterocycles. The Morgan fingerprint density at radius 3 is 2.67 bits per heavy atom. The summed E-state index contributed by atoms with van der Waals surface area (Å²) >= 11 is 0. The van der Waals surface area contributed by atoms with Crippen LogP contribution in [-0.4, -0.2) is 38.5 Å². The van der Waals surface area contributed by atoms with Crippen molar-refractivity contribution >= 4 is 34.3 Å². The highest BCUT2D eigenvalue weighted by Gasteiger charge is 2.10. The molecule has 152 valence electrons. The third-order valence-corrected chi connectivity index (χ3v) is 4.67. The third-order valence-electron chi connectivity index (χ3n) is 4.67. The van der Waals surface area contributed by atoms with Crippen LogP contribution in [0.15, 0.2) is 67.3 Å². The van der Waals surface area contributed by atoms with Crippen molar-refractivity contribution in [2.75, 3.05) is 23.7 Å². The van der Waals surface area contributed by atoms with Gasteiger partial charge in [0.05, 0.1) is 6.42 Å². The number of aromatic nitrogens is 4. The van der Waals surface area contributed by atoms with Gasteiger partial charge >= 0.3 is 0 Å². The number of amides is 1. The number of benzene rings is 1. The predicted octanol–water partition coefficient (Wildman–Crippen LogP) is 2.88. The zero-order valence-corrected chi connectivity index (χ0v) is 16.7. The van der Waals surface area contributed by atoms with Crippen LogP contribution in [0.2, 0.25) is 0 Å². The first-order chi connectivity index (χ1) is 14.7. The third kappa shape index (κ3) is 4.72. The minimum absolute atomic E-state index is 0.00616. The number of para-hydroxylation sites is 1. The molecule has 4 rings (SSSR count). The van der Waals surface area contributed by atoms with E-state index < -0.39 is 0 Å². The molecular formula is C22H23N7O. The molecule has 1 amide bonds. The molecule has 0 aliphatic heterocycles. The van der Waals surface area contributed by atoms with Crippen molar-refractivity contribution in [1.29, 1.82) is 0 Å². The van der Waals surface area contributed by atoms with Gasteiger partial charge in [0.15, 0.2) is 0 Å². The molecule has 3 N–H and O–H groups in total. The summed E-state index contributed by atoms with van der Waals surface area (Å²) < 4.78 is 2.05. The van der Waals surface area contributed by atoms with Crippen molar-refractivity contribution < 1.29 is 4.79 Å². The summed E-state index contributed by atoms with van der Waals surface area (Å²) in [5.41, 5.74) is 2.15. The molecule has 8 heteroatoms. The number of aryl methyl sites for hydroxylation is 1. The van der Waals surface area contributed by atoms with Gasteiger partial charge in [-0.2, -0.15) is 0 Å². The predicted molar refractivity (Wildman–Crippen MR) is 118 cm³/mol. The second kappa shape index (κ2) is 9.04. The molecule has 0 atom stereocenters. The van der Waals surface area contributed by atoms with E-state index in [0.717, 1.165) is 16.5 Å². The largest absolute Gasteiger partial charge is 0.368 e. The van der Waals surface area contributed by atoms with Crippen LogP contribution in [0, 0.1) is 0 Å². The van der Waals surface area contributed by atoms with Crippen LogP contribution >= 0.6 is 0 Å². The van der Waals surface area contributed by atoms with Gasteiger partial charge in [-0.05, 0) is 23.8 Å². The molecule has 0 aliphatic carbocycles. The Morgan fingerprint density at radius 1 is 0.967 bits per heavy atom. The van der Waals surface area contributed by atoms with E-state index >= 15 is 0 Å². The van der Waals surface area contributed by atoms with Gasteiger partial charge in [-0.25, -0.2) is 15.0 Å². The van der Waals surface area contributed by atoms with Gasteiger partial charge in [0.2, 0.25) is 5.91 Å². The molecule has 0 fully saturated rings. The van der Waals surface area contributed by atoms with Gasteiger partial charge in [-0.1, -0.05) is 24.3 Å². The number of hydrogen-bond donors (Lipinski definition) is 3. The Balaban J connectivity index is 1.26. The van der Waals surface area contributed by atoms with E-state index in [-0.39, 0.29) is 5.91 Å². The first-order valence-electron chi connectivity index (χ1n) is 9.72. The number of carbonyl (C=O) groups is 1. The summed E-state index contributed by atoms with van der Waals surface area (Å²) in [6.07, 6.45) is 5.56. The molecule has 0 unspecified atom stereocenters. The number of rotatable bonds is 8. The monoisotopic (exact) mass is 401 g/mol. The Morgan fingerprint density at radius 2 is 1.80 bits per heavy atom. The van der Waals surface area contributed by atoms with Crippen molar-refractivity contribution in [1.82, 2.24) is 24.8 Å². The van der Waals surface area contributed by atoms with E-state index in [1.807, 2.05) is 54.2 Å². The van der Waals surface area contributed by atoms with Gasteiger partial charge in [0, 0.05) is 49.5 Å². The van der Waals surface area contributed by atoms with E-state index in [9.17, 15) is 4.79 Å². The van der Waals surface area contributed by atoms with Crippen LogP contribution in [0.1, 0.15) is 5.56 Å². The van der Waals surface area contributed by atoms with E-state index in [1.54, 1.807) is 12.3 Å². The smallest absolute Gasteiger partial charge is 0.224 e. The minimum atomic E-state index is -0.00616. The number of nitrogens with zero attached hydrogens (tertiary/aromatic N) is 4. The number of nitrogens with one attached hydrogen (secondary N) is 3. The van der Waals surface area contributed by atoms with Crippen molar-refractivity contribution in [3.8, 4) is 0 Å². The van der Waals surface area contributed by atoms with E-state index in [4.69, 9.17) is 0 Å². The van der Waals surface area contributed by atoms with Gasteiger partial charge in [-0.15, -0.1) is 0 Å². The van der Waals surface area contributed by atoms with Crippen molar-refractivity contribution in [2.24, 2.45) is 7.05 Å². The molecule has 0 spiro atoms. The number of fused-ring (bicyclic) bond motifs is 1. The highest BCUT2D eigenvalue weighted by atomic mass is 16.1. The molecule has 0 bridgehead atoms. The summed E-state index contributed by atoms with van der Waals surface area (Å²) in [6, 6.07) is 15.5. The lowest BCUT2D eigenvalue weighted by molar-refractivity contribution is -0.120. The summed E-state index contributed by atoms with van der Waals surface area (Å²) in [5.74, 6) is 2.02. The van der Waals surface area contributed by atoms with Gasteiger partial charge < -0.3 is 20.5 Å². The van der Waals surface area contributed by atoms with Crippen LogP contribution in [0.5, 0.6) is 0 Å². The summed E-state index contributed by atoms with van der Waals surface area (Å²) in [7, 11) is 1.99. The molecule has 1 aromatic carbocycles. The fourth-order valence-electron chi connectivity index (χ4n) is 3.28. The van der Waals surface area contributed by atoms with Crippen LogP contribution in [0.4, 0.5) is 17.5 Å². The quantitative estimate of drug-likeness (QED) is 0.393. The Labute approximate surface area is 174 Å². The highest BCUT2D eigenvalue weighted by Crippen LogP contribution is 2.20. The molecular weight excluding hydrogens is 378 g/mol. The second-order valence-electron chi connectivity index (χ2n) is 6.86. The number of carbonyl (C=O) groups excluding carboxylic acids is 1. The van der Waals surface area contributed by atoms with E-state index in [0.29, 0.717) is 37.0 Å². The van der Waals surface area contributed by atoms with Crippen LogP contribution < -0.4 is 16.0 Å². The summed E-state index contributed by atoms with van der Waals surface area (Å²) in [5, 5.41) is 10.4. The lowest BCUT2D eigenvalue weighted by atomic mass is 10.1. The molecule has 3 heterocycles. The first kappa shape index (κ1) is 19.4. The number of hydrogen-bond acceptors (Lipinski definition) is 6. The number of pyridine rings is 1. The fraction of sp³-hybridized carbons (Fsp3) is 0.182. The van der Waals surface area contributed by atoms with E-state index in [1.165, 1.54) is 6.33 Å². The van der Waals surface area contributed by atoms with Crippen LogP contribution in [0.3, 0.4) is 0 Å². The lowest BCUT2D eigenvalue weighted by Gasteiger charge is -2.09. The maximum absolute atomic E-state index is 12.3. The van der Waals surface area contributed by atoms with Crippen molar-refractivity contribution in [2.45, 2.75) is 6.42 Å². The Hall–Kier alpha value is -3.94. The molecule has 30 heavy (non-hydrogen) atoms. The average Bonchev–Trinajstić information content (AvgIpc) is 3.08. The van der Waals surface area contributed by atoms with Gasteiger partial charge in [0.1, 0.15) is 23.8 Å². The summed E-state index contributed by atoms with van der Waals surface area (Å²) in [6.45, 7) is 1.05. The molecule has 0 aliphatic rings. The first-order valence-corrected chi connectivity index (χ1v) is 9.72. The fourth-order valence-corrected chi connectivity index (χ4v) is 3.28. The molecule has 0 saturated heterocycles. The molecule has 8 nitrogen and oxygen atoms in total. The van der Waals surface area contributed by atoms with Gasteiger partial charge in [0.25, 0.3) is 0 Å². The minimum Gasteiger partial charge on any atom is -0.368 e. The van der Waals surface area contributed by atoms with Crippen LogP contribution in [0.25, 0.3) is 10.9 Å². The average molecular weight is 401 g/mol. The standard InChI is InChI=1S/C22H23N7O/c1-29-14-16(17-6-2-3-7-18(17)29)12-22(30)25-11-10-24-20-13-21(27-15-26-20)28-19-8-4-5-9-23-19/h2-9,13-15H,10-12H2,1H3,(H,25,30)(H2,23,24,26,27,28). The maximum Gasteiger partial charge on any atom is 0.224 e. The van der Waals surface area contributed by atoms with Crippen molar-refractivity contribution in [3.05, 3.63) is 72.8 Å². The summed E-state index contributed by atoms with van der Waals surface area (Å²) in [4.78, 5) is 25.0. The van der Waals surface area contributed by atoms with E-state index in [2.05, 4.69) is 37.0 Å². The molecule has 4 aromatic rings. The maximum atomic E-state index is 12.3. The van der Waals surface area contributed by atoms with Crippen molar-refractivity contribution in [3.63, 3.8) is 0 Å². The van der Waals surface area contributed by atoms with Gasteiger partial charge in [-0.3, -0.25) is 4.79 Å². The Bertz CT molecular complexity index is 1140. The second-order valence-corrected chi connectivity index (χ2v) is 6.86. The zero-order valence-electron chi connectivity index (χ0n) is 16.7. The number of anilines is 3. The van der Waals surface area contributed by atoms with Crippen LogP contribution in [-0.2, 0) is 18.3 Å². The lowest BCUT2D eigenvalue weighted by Crippen LogP contribution is -2.30. The zero-order chi connectivity index (χ0) is 20.8. The Kier molecular flexibility index (Phi) is 5.84. The SMILES string of the molecule is Cn1cc(CC(=O)NCCNc2cc(Nc3ccccn3)ncn2)c2ccccc21. The molecule has 0 saturated carbocycles. The normalized spacial score (nSPS) is 10.7. The highest BCUT2D eigenvalue weighted by molar-refractivity contribution is 5.89.